The molecule has 1 unspecified atom stereocenters. The van der Waals surface area contributed by atoms with Gasteiger partial charge in [-0.15, -0.1) is 0 Å². The van der Waals surface area contributed by atoms with Gasteiger partial charge in [0.05, 0.1) is 0 Å². The SMILES string of the molecule is CC(C)CC(=O)NC1CCCSC1. The minimum absolute atomic E-state index is 0.225. The van der Waals surface area contributed by atoms with E-state index in [9.17, 15) is 4.79 Å². The van der Waals surface area contributed by atoms with Gasteiger partial charge in [-0.2, -0.15) is 11.8 Å². The summed E-state index contributed by atoms with van der Waals surface area (Å²) in [6.07, 6.45) is 3.08. The maximum atomic E-state index is 11.4. The Labute approximate surface area is 84.9 Å². The molecule has 1 heterocycles. The van der Waals surface area contributed by atoms with E-state index in [1.807, 2.05) is 11.8 Å². The van der Waals surface area contributed by atoms with E-state index in [2.05, 4.69) is 19.2 Å². The van der Waals surface area contributed by atoms with Crippen molar-refractivity contribution < 1.29 is 4.79 Å². The molecular weight excluding hydrogens is 182 g/mol. The van der Waals surface area contributed by atoms with E-state index in [0.717, 1.165) is 12.2 Å². The van der Waals surface area contributed by atoms with Gasteiger partial charge in [-0.25, -0.2) is 0 Å². The fraction of sp³-hybridized carbons (Fsp3) is 0.900. The van der Waals surface area contributed by atoms with Crippen LogP contribution in [0, 0.1) is 5.92 Å². The van der Waals surface area contributed by atoms with Crippen molar-refractivity contribution in [3.8, 4) is 0 Å². The summed E-state index contributed by atoms with van der Waals surface area (Å²) in [5, 5.41) is 3.09. The number of nitrogens with one attached hydrogen (secondary N) is 1. The number of thioether (sulfide) groups is 1. The van der Waals surface area contributed by atoms with Gasteiger partial charge in [0.2, 0.25) is 5.91 Å². The second-order valence-corrected chi connectivity index (χ2v) is 5.23. The van der Waals surface area contributed by atoms with Crippen LogP contribution in [0.15, 0.2) is 0 Å². The van der Waals surface area contributed by atoms with Gasteiger partial charge in [-0.3, -0.25) is 4.79 Å². The molecule has 0 aromatic carbocycles. The Bertz CT molecular complexity index is 164. The van der Waals surface area contributed by atoms with Crippen LogP contribution in [0.25, 0.3) is 0 Å². The molecule has 0 aromatic rings. The van der Waals surface area contributed by atoms with Crippen molar-refractivity contribution in [2.45, 2.75) is 39.2 Å². The average molecular weight is 201 g/mol. The summed E-state index contributed by atoms with van der Waals surface area (Å²) in [6, 6.07) is 0.435. The van der Waals surface area contributed by atoms with Crippen molar-refractivity contribution in [3.63, 3.8) is 0 Å². The van der Waals surface area contributed by atoms with Crippen molar-refractivity contribution in [2.24, 2.45) is 5.92 Å². The van der Waals surface area contributed by atoms with E-state index in [0.29, 0.717) is 18.4 Å². The van der Waals surface area contributed by atoms with Gasteiger partial charge in [0.1, 0.15) is 0 Å². The number of amides is 1. The Morgan fingerprint density at radius 1 is 1.62 bits per heavy atom. The third kappa shape index (κ3) is 4.55. The van der Waals surface area contributed by atoms with Crippen LogP contribution in [0.3, 0.4) is 0 Å². The van der Waals surface area contributed by atoms with E-state index in [1.54, 1.807) is 0 Å². The molecular formula is C10H19NOS. The largest absolute Gasteiger partial charge is 0.353 e. The van der Waals surface area contributed by atoms with E-state index in [1.165, 1.54) is 12.2 Å². The smallest absolute Gasteiger partial charge is 0.220 e. The predicted molar refractivity (Wildman–Crippen MR) is 57.9 cm³/mol. The maximum Gasteiger partial charge on any atom is 0.220 e. The Morgan fingerprint density at radius 3 is 2.92 bits per heavy atom. The topological polar surface area (TPSA) is 29.1 Å². The second-order valence-electron chi connectivity index (χ2n) is 4.08. The molecule has 1 N–H and O–H groups in total. The summed E-state index contributed by atoms with van der Waals surface area (Å²) in [5.74, 6) is 3.05. The van der Waals surface area contributed by atoms with E-state index < -0.39 is 0 Å². The lowest BCUT2D eigenvalue weighted by Crippen LogP contribution is -2.38. The van der Waals surface area contributed by atoms with Gasteiger partial charge >= 0.3 is 0 Å². The molecule has 0 bridgehead atoms. The first kappa shape index (κ1) is 10.9. The molecule has 0 radical (unpaired) electrons. The van der Waals surface area contributed by atoms with Gasteiger partial charge in [0.15, 0.2) is 0 Å². The molecule has 1 saturated heterocycles. The van der Waals surface area contributed by atoms with Crippen LogP contribution >= 0.6 is 11.8 Å². The maximum absolute atomic E-state index is 11.4. The quantitative estimate of drug-likeness (QED) is 0.757. The highest BCUT2D eigenvalue weighted by Crippen LogP contribution is 2.17. The fourth-order valence-electron chi connectivity index (χ4n) is 1.51. The zero-order chi connectivity index (χ0) is 9.68. The van der Waals surface area contributed by atoms with Crippen LogP contribution in [0.2, 0.25) is 0 Å². The van der Waals surface area contributed by atoms with Crippen LogP contribution in [-0.2, 0) is 4.79 Å². The highest BCUT2D eigenvalue weighted by Gasteiger charge is 2.16. The molecule has 13 heavy (non-hydrogen) atoms. The third-order valence-electron chi connectivity index (χ3n) is 2.12. The lowest BCUT2D eigenvalue weighted by Gasteiger charge is -2.22. The van der Waals surface area contributed by atoms with Crippen LogP contribution in [-0.4, -0.2) is 23.5 Å². The molecule has 0 saturated carbocycles. The van der Waals surface area contributed by atoms with Crippen LogP contribution in [0.4, 0.5) is 0 Å². The molecule has 0 spiro atoms. The fourth-order valence-corrected chi connectivity index (χ4v) is 2.58. The number of hydrogen-bond donors (Lipinski definition) is 1. The molecule has 0 aliphatic carbocycles. The number of rotatable bonds is 3. The monoisotopic (exact) mass is 201 g/mol. The minimum atomic E-state index is 0.225. The van der Waals surface area contributed by atoms with Crippen molar-refractivity contribution in [1.82, 2.24) is 5.32 Å². The zero-order valence-electron chi connectivity index (χ0n) is 8.51. The zero-order valence-corrected chi connectivity index (χ0v) is 9.32. The second kappa shape index (κ2) is 5.53. The number of carbonyl (C=O) groups is 1. The molecule has 76 valence electrons. The Balaban J connectivity index is 2.18. The molecule has 1 fully saturated rings. The standard InChI is InChI=1S/C10H19NOS/c1-8(2)6-10(12)11-9-4-3-5-13-7-9/h8-9H,3-7H2,1-2H3,(H,11,12). The highest BCUT2D eigenvalue weighted by atomic mass is 32.2. The molecule has 1 rings (SSSR count). The Hall–Kier alpha value is -0.180. The summed E-state index contributed by atoms with van der Waals surface area (Å²) in [6.45, 7) is 4.16. The van der Waals surface area contributed by atoms with E-state index >= 15 is 0 Å². The van der Waals surface area contributed by atoms with Crippen LogP contribution in [0.1, 0.15) is 33.1 Å². The Morgan fingerprint density at radius 2 is 2.38 bits per heavy atom. The number of carbonyl (C=O) groups excluding carboxylic acids is 1. The van der Waals surface area contributed by atoms with E-state index in [-0.39, 0.29) is 5.91 Å². The molecule has 0 aromatic heterocycles. The summed E-state index contributed by atoms with van der Waals surface area (Å²) in [4.78, 5) is 11.4. The van der Waals surface area contributed by atoms with Gasteiger partial charge < -0.3 is 5.32 Å². The third-order valence-corrected chi connectivity index (χ3v) is 3.33. The lowest BCUT2D eigenvalue weighted by molar-refractivity contribution is -0.122. The van der Waals surface area contributed by atoms with Crippen molar-refractivity contribution in [3.05, 3.63) is 0 Å². The molecule has 1 amide bonds. The average Bonchev–Trinajstić information content (AvgIpc) is 2.04. The predicted octanol–water partition coefficient (Wildman–Crippen LogP) is 2.04. The molecule has 1 aliphatic rings. The summed E-state index contributed by atoms with van der Waals surface area (Å²) < 4.78 is 0. The first-order valence-electron chi connectivity index (χ1n) is 5.05. The lowest BCUT2D eigenvalue weighted by atomic mass is 10.1. The summed E-state index contributed by atoms with van der Waals surface area (Å²) >= 11 is 1.95. The summed E-state index contributed by atoms with van der Waals surface area (Å²) in [7, 11) is 0. The minimum Gasteiger partial charge on any atom is -0.353 e. The summed E-state index contributed by atoms with van der Waals surface area (Å²) in [5.41, 5.74) is 0. The normalized spacial score (nSPS) is 23.2. The van der Waals surface area contributed by atoms with Crippen LogP contribution in [0.5, 0.6) is 0 Å². The van der Waals surface area contributed by atoms with Crippen molar-refractivity contribution >= 4 is 17.7 Å². The first-order valence-corrected chi connectivity index (χ1v) is 6.21. The van der Waals surface area contributed by atoms with Gasteiger partial charge in [0, 0.05) is 18.2 Å². The molecule has 2 nitrogen and oxygen atoms in total. The van der Waals surface area contributed by atoms with Crippen molar-refractivity contribution in [1.29, 1.82) is 0 Å². The molecule has 3 heteroatoms. The van der Waals surface area contributed by atoms with Gasteiger partial charge in [-0.1, -0.05) is 13.8 Å². The highest BCUT2D eigenvalue weighted by molar-refractivity contribution is 7.99. The van der Waals surface area contributed by atoms with Crippen molar-refractivity contribution in [2.75, 3.05) is 11.5 Å². The van der Waals surface area contributed by atoms with Gasteiger partial charge in [0.25, 0.3) is 0 Å². The Kier molecular flexibility index (Phi) is 4.64. The van der Waals surface area contributed by atoms with E-state index in [4.69, 9.17) is 0 Å². The molecule has 1 aliphatic heterocycles. The molecule has 1 atom stereocenters. The first-order chi connectivity index (χ1) is 6.18. The van der Waals surface area contributed by atoms with Gasteiger partial charge in [-0.05, 0) is 24.5 Å². The number of hydrogen-bond acceptors (Lipinski definition) is 2. The van der Waals surface area contributed by atoms with Crippen LogP contribution < -0.4 is 5.32 Å².